The summed E-state index contributed by atoms with van der Waals surface area (Å²) in [6, 6.07) is 6.66. The molecule has 1 aliphatic heterocycles. The van der Waals surface area contributed by atoms with E-state index >= 15 is 0 Å². The minimum atomic E-state index is -0.847. The lowest BCUT2D eigenvalue weighted by molar-refractivity contribution is -0.138. The maximum atomic E-state index is 13.7. The largest absolute Gasteiger partial charge is 0.444 e. The van der Waals surface area contributed by atoms with Crippen LogP contribution in [0.4, 0.5) is 4.79 Å². The van der Waals surface area contributed by atoms with Crippen LogP contribution in [-0.2, 0) is 27.3 Å². The molecule has 3 rings (SSSR count). The number of para-hydroxylation sites is 1. The number of nitrogens with one attached hydrogen (secondary N) is 2. The van der Waals surface area contributed by atoms with Crippen molar-refractivity contribution in [3.05, 3.63) is 36.0 Å². The molecule has 3 atom stereocenters. The molecule has 2 aromatic rings. The van der Waals surface area contributed by atoms with Crippen LogP contribution in [0.3, 0.4) is 0 Å². The summed E-state index contributed by atoms with van der Waals surface area (Å²) >= 11 is 0. The third kappa shape index (κ3) is 7.06. The van der Waals surface area contributed by atoms with E-state index in [1.807, 2.05) is 30.9 Å². The number of nitrogens with zero attached hydrogens (tertiary/aromatic N) is 2. The molecule has 0 spiro atoms. The Kier molecular flexibility index (Phi) is 8.90. The Morgan fingerprint density at radius 3 is 2.51 bits per heavy atom. The zero-order valence-electron chi connectivity index (χ0n) is 22.8. The van der Waals surface area contributed by atoms with Crippen molar-refractivity contribution in [2.75, 3.05) is 6.54 Å². The van der Waals surface area contributed by atoms with E-state index in [1.54, 1.807) is 27.7 Å². The smallest absolute Gasteiger partial charge is 0.408 e. The van der Waals surface area contributed by atoms with Crippen molar-refractivity contribution in [3.8, 4) is 12.3 Å². The number of alkyl carbamates (subject to hydrolysis) is 1. The van der Waals surface area contributed by atoms with Gasteiger partial charge in [-0.15, -0.1) is 6.42 Å². The Bertz CT molecular complexity index is 1170. The van der Waals surface area contributed by atoms with Gasteiger partial charge in [-0.25, -0.2) is 4.79 Å². The van der Waals surface area contributed by atoms with E-state index in [0.29, 0.717) is 13.1 Å². The summed E-state index contributed by atoms with van der Waals surface area (Å²) < 4.78 is 7.31. The Labute approximate surface area is 220 Å². The quantitative estimate of drug-likeness (QED) is 0.530. The molecule has 8 nitrogen and oxygen atoms in total. The van der Waals surface area contributed by atoms with Crippen LogP contribution in [0.2, 0.25) is 0 Å². The highest BCUT2D eigenvalue weighted by molar-refractivity contribution is 5.91. The Balaban J connectivity index is 1.71. The number of hydrogen-bond donors (Lipinski definition) is 2. The molecule has 0 bridgehead atoms. The van der Waals surface area contributed by atoms with Crippen molar-refractivity contribution in [1.29, 1.82) is 0 Å². The second-order valence-electron chi connectivity index (χ2n) is 11.1. The minimum Gasteiger partial charge on any atom is -0.444 e. The average molecular weight is 509 g/mol. The highest BCUT2D eigenvalue weighted by Gasteiger charge is 2.36. The van der Waals surface area contributed by atoms with Crippen LogP contribution in [0.5, 0.6) is 0 Å². The third-order valence-corrected chi connectivity index (χ3v) is 6.61. The summed E-state index contributed by atoms with van der Waals surface area (Å²) in [6.07, 6.45) is 9.52. The molecule has 8 heteroatoms. The van der Waals surface area contributed by atoms with E-state index in [2.05, 4.69) is 39.5 Å². The number of carbonyl (C=O) groups is 3. The standard InChI is InChI=1S/C29H40N4O4/c1-8-15-32-18-21(23-13-9-10-14-24(23)32)17-22-12-11-16-33(22)27(35)25(19(2)3)31-26(34)20(4)30-28(36)37-29(5,6)7/h1,9-10,13-14,18-20,22,25H,11-12,15-17H2,2-7H3,(H,30,36)(H,31,34)/t20-,22-,25?/m0/s1. The van der Waals surface area contributed by atoms with Crippen LogP contribution in [0.15, 0.2) is 30.5 Å². The summed E-state index contributed by atoms with van der Waals surface area (Å²) in [6.45, 7) is 11.8. The number of fused-ring (bicyclic) bond motifs is 1. The number of likely N-dealkylation sites (tertiary alicyclic amines) is 1. The number of terminal acetylenes is 1. The maximum Gasteiger partial charge on any atom is 0.408 e. The van der Waals surface area contributed by atoms with Crippen molar-refractivity contribution in [1.82, 2.24) is 20.1 Å². The summed E-state index contributed by atoms with van der Waals surface area (Å²) in [5, 5.41) is 6.56. The molecule has 2 N–H and O–H groups in total. The first-order chi connectivity index (χ1) is 17.4. The maximum absolute atomic E-state index is 13.7. The van der Waals surface area contributed by atoms with Crippen LogP contribution >= 0.6 is 0 Å². The van der Waals surface area contributed by atoms with Gasteiger partial charge in [-0.1, -0.05) is 38.0 Å². The first-order valence-corrected chi connectivity index (χ1v) is 13.0. The van der Waals surface area contributed by atoms with Crippen molar-refractivity contribution < 1.29 is 19.1 Å². The molecule has 3 amide bonds. The fourth-order valence-corrected chi connectivity index (χ4v) is 4.83. The Morgan fingerprint density at radius 2 is 1.86 bits per heavy atom. The predicted molar refractivity (Wildman–Crippen MR) is 145 cm³/mol. The Morgan fingerprint density at radius 1 is 1.16 bits per heavy atom. The molecular formula is C29H40N4O4. The van der Waals surface area contributed by atoms with E-state index in [1.165, 1.54) is 0 Å². The molecule has 2 heterocycles. The molecule has 0 aliphatic carbocycles. The van der Waals surface area contributed by atoms with Gasteiger partial charge >= 0.3 is 6.09 Å². The molecule has 37 heavy (non-hydrogen) atoms. The molecular weight excluding hydrogens is 468 g/mol. The summed E-state index contributed by atoms with van der Waals surface area (Å²) in [5.74, 6) is 2.07. The number of rotatable bonds is 8. The molecule has 1 fully saturated rings. The van der Waals surface area contributed by atoms with Gasteiger partial charge in [0.05, 0.1) is 6.54 Å². The summed E-state index contributed by atoms with van der Waals surface area (Å²) in [4.78, 5) is 40.6. The zero-order valence-corrected chi connectivity index (χ0v) is 22.8. The van der Waals surface area contributed by atoms with Crippen LogP contribution in [0.1, 0.15) is 59.9 Å². The van der Waals surface area contributed by atoms with E-state index in [0.717, 1.165) is 35.7 Å². The number of ether oxygens (including phenoxy) is 1. The molecule has 0 saturated carbocycles. The summed E-state index contributed by atoms with van der Waals surface area (Å²) in [7, 11) is 0. The second kappa shape index (κ2) is 11.7. The molecule has 1 saturated heterocycles. The highest BCUT2D eigenvalue weighted by Crippen LogP contribution is 2.28. The van der Waals surface area contributed by atoms with Crippen LogP contribution < -0.4 is 10.6 Å². The zero-order chi connectivity index (χ0) is 27.3. The molecule has 1 unspecified atom stereocenters. The fourth-order valence-electron chi connectivity index (χ4n) is 4.83. The highest BCUT2D eigenvalue weighted by atomic mass is 16.6. The summed E-state index contributed by atoms with van der Waals surface area (Å²) in [5.41, 5.74) is 1.58. The lowest BCUT2D eigenvalue weighted by atomic mass is 9.99. The number of amides is 3. The van der Waals surface area contributed by atoms with Gasteiger partial charge in [-0.05, 0) is 64.5 Å². The van der Waals surface area contributed by atoms with Gasteiger partial charge in [0.1, 0.15) is 17.7 Å². The van der Waals surface area contributed by atoms with Crippen molar-refractivity contribution in [3.63, 3.8) is 0 Å². The Hall–Kier alpha value is -3.47. The topological polar surface area (TPSA) is 92.7 Å². The van der Waals surface area contributed by atoms with E-state index in [9.17, 15) is 14.4 Å². The number of aromatic nitrogens is 1. The number of benzene rings is 1. The van der Waals surface area contributed by atoms with Gasteiger partial charge in [0.15, 0.2) is 0 Å². The van der Waals surface area contributed by atoms with Gasteiger partial charge in [-0.2, -0.15) is 0 Å². The van der Waals surface area contributed by atoms with Crippen molar-refractivity contribution in [2.24, 2.45) is 5.92 Å². The van der Waals surface area contributed by atoms with E-state index < -0.39 is 29.7 Å². The third-order valence-electron chi connectivity index (χ3n) is 6.61. The van der Waals surface area contributed by atoms with Crippen LogP contribution in [-0.4, -0.2) is 57.6 Å². The number of carbonyl (C=O) groups excluding carboxylic acids is 3. The van der Waals surface area contributed by atoms with Crippen molar-refractivity contribution in [2.45, 2.75) is 91.1 Å². The molecule has 1 aromatic carbocycles. The first-order valence-electron chi connectivity index (χ1n) is 13.0. The molecule has 1 aromatic heterocycles. The second-order valence-corrected chi connectivity index (χ2v) is 11.1. The minimum absolute atomic E-state index is 0.0352. The van der Waals surface area contributed by atoms with Crippen LogP contribution in [0.25, 0.3) is 10.9 Å². The number of hydrogen-bond acceptors (Lipinski definition) is 4. The van der Waals surface area contributed by atoms with Crippen LogP contribution in [0, 0.1) is 18.3 Å². The average Bonchev–Trinajstić information content (AvgIpc) is 3.41. The lowest BCUT2D eigenvalue weighted by Crippen LogP contribution is -2.56. The monoisotopic (exact) mass is 508 g/mol. The van der Waals surface area contributed by atoms with E-state index in [-0.39, 0.29) is 17.9 Å². The van der Waals surface area contributed by atoms with Crippen molar-refractivity contribution >= 4 is 28.8 Å². The SMILES string of the molecule is C#CCn1cc(C[C@@H]2CCCN2C(=O)C(NC(=O)[C@H](C)NC(=O)OC(C)(C)C)C(C)C)c2ccccc21. The van der Waals surface area contributed by atoms with Gasteiger partial charge in [-0.3, -0.25) is 9.59 Å². The molecule has 0 radical (unpaired) electrons. The van der Waals surface area contributed by atoms with Gasteiger partial charge in [0.25, 0.3) is 0 Å². The first kappa shape index (κ1) is 28.1. The normalized spacial score (nSPS) is 17.4. The van der Waals surface area contributed by atoms with E-state index in [4.69, 9.17) is 11.2 Å². The fraction of sp³-hybridized carbons (Fsp3) is 0.552. The lowest BCUT2D eigenvalue weighted by Gasteiger charge is -2.32. The van der Waals surface area contributed by atoms with Gasteiger partial charge in [0.2, 0.25) is 11.8 Å². The molecule has 200 valence electrons. The predicted octanol–water partition coefficient (Wildman–Crippen LogP) is 3.86. The van der Waals surface area contributed by atoms with Gasteiger partial charge < -0.3 is 24.8 Å². The van der Waals surface area contributed by atoms with Gasteiger partial charge in [0, 0.05) is 29.7 Å². The molecule has 1 aliphatic rings.